The highest BCUT2D eigenvalue weighted by molar-refractivity contribution is 5.93. The Bertz CT molecular complexity index is 922. The molecule has 4 aromatic rings. The Morgan fingerprint density at radius 2 is 1.90 bits per heavy atom. The van der Waals surface area contributed by atoms with Gasteiger partial charge in [0.2, 0.25) is 0 Å². The lowest BCUT2D eigenvalue weighted by molar-refractivity contribution is 0.476. The van der Waals surface area contributed by atoms with E-state index in [0.717, 1.165) is 33.3 Å². The smallest absolute Gasteiger partial charge is 0.140 e. The van der Waals surface area contributed by atoms with Crippen molar-refractivity contribution >= 4 is 21.9 Å². The Balaban J connectivity index is 2.01. The van der Waals surface area contributed by atoms with Crippen LogP contribution < -0.4 is 0 Å². The fourth-order valence-electron chi connectivity index (χ4n) is 2.42. The molecule has 0 amide bonds. The molecule has 2 aromatic carbocycles. The maximum atomic E-state index is 9.52. The summed E-state index contributed by atoms with van der Waals surface area (Å²) < 4.78 is 0. The SMILES string of the molecule is Oc1ccc2nc(-c3cccc4cccnc34)[nH]c2c1. The number of rotatable bonds is 1. The molecule has 0 radical (unpaired) electrons. The van der Waals surface area contributed by atoms with Crippen LogP contribution in [0.15, 0.2) is 54.7 Å². The van der Waals surface area contributed by atoms with E-state index in [9.17, 15) is 5.11 Å². The molecule has 0 bridgehead atoms. The largest absolute Gasteiger partial charge is 0.508 e. The number of pyridine rings is 1. The van der Waals surface area contributed by atoms with Crippen molar-refractivity contribution in [2.24, 2.45) is 0 Å². The van der Waals surface area contributed by atoms with Gasteiger partial charge in [-0.3, -0.25) is 4.98 Å². The van der Waals surface area contributed by atoms with E-state index in [1.165, 1.54) is 0 Å². The average Bonchev–Trinajstić information content (AvgIpc) is 2.89. The lowest BCUT2D eigenvalue weighted by Gasteiger charge is -2.01. The molecule has 0 fully saturated rings. The second-order valence-electron chi connectivity index (χ2n) is 4.67. The third-order valence-corrected chi connectivity index (χ3v) is 3.35. The van der Waals surface area contributed by atoms with Crippen LogP contribution in [0.5, 0.6) is 5.75 Å². The molecule has 20 heavy (non-hydrogen) atoms. The number of para-hydroxylation sites is 1. The number of nitrogens with one attached hydrogen (secondary N) is 1. The van der Waals surface area contributed by atoms with Gasteiger partial charge in [-0.05, 0) is 24.3 Å². The first-order valence-corrected chi connectivity index (χ1v) is 6.34. The van der Waals surface area contributed by atoms with Crippen molar-refractivity contribution in [1.82, 2.24) is 15.0 Å². The van der Waals surface area contributed by atoms with Gasteiger partial charge in [-0.15, -0.1) is 0 Å². The van der Waals surface area contributed by atoms with Gasteiger partial charge in [-0.25, -0.2) is 4.98 Å². The van der Waals surface area contributed by atoms with E-state index in [4.69, 9.17) is 0 Å². The Labute approximate surface area is 114 Å². The van der Waals surface area contributed by atoms with Gasteiger partial charge in [0, 0.05) is 23.2 Å². The van der Waals surface area contributed by atoms with E-state index in [0.29, 0.717) is 0 Å². The van der Waals surface area contributed by atoms with Crippen LogP contribution in [-0.4, -0.2) is 20.1 Å². The minimum atomic E-state index is 0.226. The van der Waals surface area contributed by atoms with Gasteiger partial charge in [0.15, 0.2) is 0 Å². The number of benzene rings is 2. The number of H-pyrrole nitrogens is 1. The van der Waals surface area contributed by atoms with Crippen molar-refractivity contribution in [2.45, 2.75) is 0 Å². The van der Waals surface area contributed by atoms with Crippen LogP contribution in [0.1, 0.15) is 0 Å². The van der Waals surface area contributed by atoms with Crippen molar-refractivity contribution < 1.29 is 5.11 Å². The van der Waals surface area contributed by atoms with Gasteiger partial charge >= 0.3 is 0 Å². The molecule has 4 rings (SSSR count). The van der Waals surface area contributed by atoms with Crippen molar-refractivity contribution in [2.75, 3.05) is 0 Å². The van der Waals surface area contributed by atoms with Crippen LogP contribution >= 0.6 is 0 Å². The molecular formula is C16H11N3O. The zero-order valence-electron chi connectivity index (χ0n) is 10.5. The molecule has 0 aliphatic carbocycles. The van der Waals surface area contributed by atoms with Crippen molar-refractivity contribution in [1.29, 1.82) is 0 Å². The van der Waals surface area contributed by atoms with Crippen LogP contribution in [0.2, 0.25) is 0 Å². The molecule has 0 aliphatic heterocycles. The minimum Gasteiger partial charge on any atom is -0.508 e. The van der Waals surface area contributed by atoms with Gasteiger partial charge in [-0.2, -0.15) is 0 Å². The van der Waals surface area contributed by atoms with Crippen LogP contribution in [0.4, 0.5) is 0 Å². The van der Waals surface area contributed by atoms with Gasteiger partial charge in [0.25, 0.3) is 0 Å². The Morgan fingerprint density at radius 1 is 1.00 bits per heavy atom. The number of phenolic OH excluding ortho intramolecular Hbond substituents is 1. The number of aromatic nitrogens is 3. The monoisotopic (exact) mass is 261 g/mol. The predicted molar refractivity (Wildman–Crippen MR) is 78.5 cm³/mol. The molecule has 0 saturated heterocycles. The number of imidazole rings is 1. The van der Waals surface area contributed by atoms with Crippen LogP contribution in [0.3, 0.4) is 0 Å². The standard InChI is InChI=1S/C16H11N3O/c20-11-6-7-13-14(9-11)19-16(18-13)12-5-1-3-10-4-2-8-17-15(10)12/h1-9,20H,(H,18,19). The number of fused-ring (bicyclic) bond motifs is 2. The Morgan fingerprint density at radius 3 is 2.85 bits per heavy atom. The first-order chi connectivity index (χ1) is 9.81. The van der Waals surface area contributed by atoms with E-state index in [1.807, 2.05) is 30.3 Å². The van der Waals surface area contributed by atoms with Crippen molar-refractivity contribution in [3.8, 4) is 17.1 Å². The van der Waals surface area contributed by atoms with E-state index >= 15 is 0 Å². The lowest BCUT2D eigenvalue weighted by Crippen LogP contribution is -1.85. The molecule has 96 valence electrons. The third-order valence-electron chi connectivity index (χ3n) is 3.35. The first-order valence-electron chi connectivity index (χ1n) is 6.34. The zero-order valence-corrected chi connectivity index (χ0v) is 10.5. The Kier molecular flexibility index (Phi) is 2.23. The predicted octanol–water partition coefficient (Wildman–Crippen LogP) is 3.48. The molecule has 2 N–H and O–H groups in total. The van der Waals surface area contributed by atoms with E-state index in [1.54, 1.807) is 24.4 Å². The number of nitrogens with zero attached hydrogens (tertiary/aromatic N) is 2. The van der Waals surface area contributed by atoms with Gasteiger partial charge < -0.3 is 10.1 Å². The number of hydrogen-bond acceptors (Lipinski definition) is 3. The summed E-state index contributed by atoms with van der Waals surface area (Å²) in [4.78, 5) is 12.2. The molecule has 2 heterocycles. The summed E-state index contributed by atoms with van der Waals surface area (Å²) in [6.07, 6.45) is 1.78. The quantitative estimate of drug-likeness (QED) is 0.551. The maximum Gasteiger partial charge on any atom is 0.140 e. The molecule has 0 aliphatic rings. The summed E-state index contributed by atoms with van der Waals surface area (Å²) in [6.45, 7) is 0. The summed E-state index contributed by atoms with van der Waals surface area (Å²) in [6, 6.07) is 15.1. The minimum absolute atomic E-state index is 0.226. The number of aromatic hydroxyl groups is 1. The zero-order chi connectivity index (χ0) is 13.5. The van der Waals surface area contributed by atoms with Crippen molar-refractivity contribution in [3.63, 3.8) is 0 Å². The maximum absolute atomic E-state index is 9.52. The number of hydrogen-bond donors (Lipinski definition) is 2. The fraction of sp³-hybridized carbons (Fsp3) is 0. The second-order valence-corrected chi connectivity index (χ2v) is 4.67. The summed E-state index contributed by atoms with van der Waals surface area (Å²) >= 11 is 0. The number of phenols is 1. The lowest BCUT2D eigenvalue weighted by atomic mass is 10.1. The molecular weight excluding hydrogens is 250 g/mol. The highest BCUT2D eigenvalue weighted by Crippen LogP contribution is 2.27. The molecule has 0 unspecified atom stereocenters. The topological polar surface area (TPSA) is 61.8 Å². The van der Waals surface area contributed by atoms with E-state index < -0.39 is 0 Å². The first kappa shape index (κ1) is 11.0. The van der Waals surface area contributed by atoms with E-state index in [-0.39, 0.29) is 5.75 Å². The van der Waals surface area contributed by atoms with Gasteiger partial charge in [-0.1, -0.05) is 18.2 Å². The van der Waals surface area contributed by atoms with Crippen LogP contribution in [0, 0.1) is 0 Å². The third kappa shape index (κ3) is 1.62. The molecule has 4 nitrogen and oxygen atoms in total. The summed E-state index contributed by atoms with van der Waals surface area (Å²) in [5.41, 5.74) is 3.51. The molecule has 0 spiro atoms. The summed E-state index contributed by atoms with van der Waals surface area (Å²) in [5, 5.41) is 10.6. The molecule has 0 atom stereocenters. The summed E-state index contributed by atoms with van der Waals surface area (Å²) in [5.74, 6) is 0.985. The van der Waals surface area contributed by atoms with E-state index in [2.05, 4.69) is 15.0 Å². The van der Waals surface area contributed by atoms with Gasteiger partial charge in [0.1, 0.15) is 11.6 Å². The summed E-state index contributed by atoms with van der Waals surface area (Å²) in [7, 11) is 0. The normalized spacial score (nSPS) is 11.2. The highest BCUT2D eigenvalue weighted by atomic mass is 16.3. The number of aromatic amines is 1. The molecule has 0 saturated carbocycles. The Hall–Kier alpha value is -2.88. The van der Waals surface area contributed by atoms with Crippen LogP contribution in [0.25, 0.3) is 33.3 Å². The molecule has 4 heteroatoms. The van der Waals surface area contributed by atoms with Crippen LogP contribution in [-0.2, 0) is 0 Å². The van der Waals surface area contributed by atoms with Gasteiger partial charge in [0.05, 0.1) is 16.6 Å². The average molecular weight is 261 g/mol. The second kappa shape index (κ2) is 4.06. The van der Waals surface area contributed by atoms with Crippen molar-refractivity contribution in [3.05, 3.63) is 54.7 Å². The highest BCUT2D eigenvalue weighted by Gasteiger charge is 2.09. The molecule has 2 aromatic heterocycles. The fourth-order valence-corrected chi connectivity index (χ4v) is 2.42.